The smallest absolute Gasteiger partial charge is 0.118 e. The van der Waals surface area contributed by atoms with Crippen LogP contribution in [-0.2, 0) is 6.54 Å². The third-order valence-electron chi connectivity index (χ3n) is 2.52. The number of nitrogens with one attached hydrogen (secondary N) is 1. The Bertz CT molecular complexity index is 344. The summed E-state index contributed by atoms with van der Waals surface area (Å²) in [7, 11) is 2.09. The zero-order valence-corrected chi connectivity index (χ0v) is 11.3. The number of hydrogen-bond donors (Lipinski definition) is 1. The van der Waals surface area contributed by atoms with Crippen LogP contribution in [0.25, 0.3) is 0 Å². The maximum absolute atomic E-state index is 5.55. The van der Waals surface area contributed by atoms with Crippen LogP contribution in [0, 0.1) is 6.92 Å². The minimum absolute atomic E-state index is 0.834. The number of nitrogens with zero attached hydrogens (tertiary/aromatic N) is 1. The summed E-state index contributed by atoms with van der Waals surface area (Å²) in [6.07, 6.45) is 1.16. The molecule has 0 amide bonds. The number of likely N-dealkylation sites (N-methyl/N-ethyl adjacent to an activating group) is 1. The zero-order chi connectivity index (χ0) is 12.7. The summed E-state index contributed by atoms with van der Waals surface area (Å²) >= 11 is 0. The van der Waals surface area contributed by atoms with Crippen molar-refractivity contribution in [2.45, 2.75) is 26.8 Å². The van der Waals surface area contributed by atoms with Crippen molar-refractivity contribution in [3.8, 4) is 0 Å². The van der Waals surface area contributed by atoms with Crippen molar-refractivity contribution in [1.29, 1.82) is 0 Å². The topological polar surface area (TPSA) is 28.4 Å². The van der Waals surface area contributed by atoms with Crippen molar-refractivity contribution in [2.24, 2.45) is 0 Å². The Morgan fingerprint density at radius 2 is 2.24 bits per heavy atom. The first kappa shape index (κ1) is 14.0. The van der Waals surface area contributed by atoms with Crippen molar-refractivity contribution in [1.82, 2.24) is 10.2 Å². The third-order valence-corrected chi connectivity index (χ3v) is 2.52. The minimum atomic E-state index is 0.834. The van der Waals surface area contributed by atoms with Gasteiger partial charge in [-0.25, -0.2) is 0 Å². The highest BCUT2D eigenvalue weighted by Gasteiger charge is 2.05. The second kappa shape index (κ2) is 7.30. The lowest BCUT2D eigenvalue weighted by molar-refractivity contribution is 0.311. The van der Waals surface area contributed by atoms with Crippen LogP contribution >= 0.6 is 0 Å². The zero-order valence-electron chi connectivity index (χ0n) is 11.3. The molecule has 0 aliphatic carbocycles. The van der Waals surface area contributed by atoms with Crippen molar-refractivity contribution in [3.05, 3.63) is 35.8 Å². The predicted molar refractivity (Wildman–Crippen MR) is 72.1 cm³/mol. The molecule has 0 aliphatic rings. The van der Waals surface area contributed by atoms with Gasteiger partial charge in [-0.05, 0) is 44.6 Å². The van der Waals surface area contributed by atoms with Gasteiger partial charge >= 0.3 is 0 Å². The lowest BCUT2D eigenvalue weighted by Gasteiger charge is -2.17. The van der Waals surface area contributed by atoms with Gasteiger partial charge in [-0.15, -0.1) is 0 Å². The molecular weight excluding hydrogens is 212 g/mol. The summed E-state index contributed by atoms with van der Waals surface area (Å²) < 4.78 is 5.55. The van der Waals surface area contributed by atoms with Crippen molar-refractivity contribution >= 4 is 0 Å². The Morgan fingerprint density at radius 3 is 2.82 bits per heavy atom. The SMILES string of the molecule is C=C(CNCCC)CN(C)Cc1ccc(C)o1. The molecule has 0 unspecified atom stereocenters. The van der Waals surface area contributed by atoms with Crippen LogP contribution in [0.4, 0.5) is 0 Å². The maximum atomic E-state index is 5.55. The van der Waals surface area contributed by atoms with Crippen LogP contribution in [0.1, 0.15) is 24.9 Å². The quantitative estimate of drug-likeness (QED) is 0.555. The van der Waals surface area contributed by atoms with Crippen LogP contribution in [0.3, 0.4) is 0 Å². The molecule has 0 atom stereocenters. The van der Waals surface area contributed by atoms with Gasteiger partial charge < -0.3 is 9.73 Å². The van der Waals surface area contributed by atoms with Gasteiger partial charge in [0.2, 0.25) is 0 Å². The number of aryl methyl sites for hydroxylation is 1. The Hall–Kier alpha value is -1.06. The molecule has 0 saturated carbocycles. The average molecular weight is 236 g/mol. The predicted octanol–water partition coefficient (Wildman–Crippen LogP) is 2.58. The van der Waals surface area contributed by atoms with Gasteiger partial charge in [-0.2, -0.15) is 0 Å². The molecular formula is C14H24N2O. The normalized spacial score (nSPS) is 11.1. The highest BCUT2D eigenvalue weighted by molar-refractivity contribution is 5.06. The molecule has 0 aromatic carbocycles. The van der Waals surface area contributed by atoms with Crippen LogP contribution < -0.4 is 5.32 Å². The molecule has 0 spiro atoms. The fourth-order valence-corrected chi connectivity index (χ4v) is 1.77. The van der Waals surface area contributed by atoms with Crippen LogP contribution in [0.5, 0.6) is 0 Å². The van der Waals surface area contributed by atoms with Gasteiger partial charge in [-0.3, -0.25) is 4.90 Å². The first-order valence-electron chi connectivity index (χ1n) is 6.23. The molecule has 1 heterocycles. The summed E-state index contributed by atoms with van der Waals surface area (Å²) in [6, 6.07) is 4.03. The van der Waals surface area contributed by atoms with Gasteiger partial charge in [0, 0.05) is 13.1 Å². The molecule has 0 bridgehead atoms. The first-order valence-corrected chi connectivity index (χ1v) is 6.23. The minimum Gasteiger partial charge on any atom is -0.465 e. The Balaban J connectivity index is 2.24. The van der Waals surface area contributed by atoms with Gasteiger partial charge in [0.25, 0.3) is 0 Å². The Labute approximate surface area is 104 Å². The summed E-state index contributed by atoms with van der Waals surface area (Å²) in [5, 5.41) is 3.36. The first-order chi connectivity index (χ1) is 8.11. The Kier molecular flexibility index (Phi) is 6.01. The lowest BCUT2D eigenvalue weighted by atomic mass is 10.2. The van der Waals surface area contributed by atoms with E-state index in [-0.39, 0.29) is 0 Å². The van der Waals surface area contributed by atoms with E-state index in [1.54, 1.807) is 0 Å². The average Bonchev–Trinajstić information content (AvgIpc) is 2.64. The second-order valence-electron chi connectivity index (χ2n) is 4.61. The van der Waals surface area contributed by atoms with E-state index < -0.39 is 0 Å². The van der Waals surface area contributed by atoms with Crippen LogP contribution in [-0.4, -0.2) is 31.6 Å². The molecule has 1 aromatic heterocycles. The number of rotatable bonds is 8. The van der Waals surface area contributed by atoms with Crippen molar-refractivity contribution < 1.29 is 4.42 Å². The molecule has 3 heteroatoms. The second-order valence-corrected chi connectivity index (χ2v) is 4.61. The monoisotopic (exact) mass is 236 g/mol. The molecule has 0 radical (unpaired) electrons. The molecule has 1 rings (SSSR count). The molecule has 0 aliphatic heterocycles. The maximum Gasteiger partial charge on any atom is 0.118 e. The summed E-state index contributed by atoms with van der Waals surface area (Å²) in [4.78, 5) is 2.22. The highest BCUT2D eigenvalue weighted by atomic mass is 16.3. The van der Waals surface area contributed by atoms with E-state index in [0.29, 0.717) is 0 Å². The van der Waals surface area contributed by atoms with Crippen LogP contribution in [0.2, 0.25) is 0 Å². The van der Waals surface area contributed by atoms with E-state index in [2.05, 4.69) is 30.8 Å². The fourth-order valence-electron chi connectivity index (χ4n) is 1.77. The largest absolute Gasteiger partial charge is 0.465 e. The third kappa shape index (κ3) is 5.71. The van der Waals surface area contributed by atoms with Crippen LogP contribution in [0.15, 0.2) is 28.7 Å². The van der Waals surface area contributed by atoms with Gasteiger partial charge in [0.1, 0.15) is 11.5 Å². The summed E-state index contributed by atoms with van der Waals surface area (Å²) in [5.41, 5.74) is 1.21. The van der Waals surface area contributed by atoms with Crippen molar-refractivity contribution in [3.63, 3.8) is 0 Å². The number of furan rings is 1. The Morgan fingerprint density at radius 1 is 1.47 bits per heavy atom. The van der Waals surface area contributed by atoms with E-state index in [1.807, 2.05) is 19.1 Å². The van der Waals surface area contributed by atoms with Crippen molar-refractivity contribution in [2.75, 3.05) is 26.7 Å². The summed E-state index contributed by atoms with van der Waals surface area (Å²) in [5.74, 6) is 1.98. The fraction of sp³-hybridized carbons (Fsp3) is 0.571. The lowest BCUT2D eigenvalue weighted by Crippen LogP contribution is -2.26. The van der Waals surface area contributed by atoms with Gasteiger partial charge in [0.05, 0.1) is 6.54 Å². The van der Waals surface area contributed by atoms with E-state index in [1.165, 1.54) is 5.57 Å². The molecule has 96 valence electrons. The van der Waals surface area contributed by atoms with E-state index in [4.69, 9.17) is 4.42 Å². The molecule has 1 N–H and O–H groups in total. The summed E-state index contributed by atoms with van der Waals surface area (Å²) in [6.45, 7) is 11.9. The molecule has 1 aromatic rings. The van der Waals surface area contributed by atoms with E-state index >= 15 is 0 Å². The van der Waals surface area contributed by atoms with E-state index in [9.17, 15) is 0 Å². The highest BCUT2D eigenvalue weighted by Crippen LogP contribution is 2.09. The molecule has 0 fully saturated rings. The molecule has 3 nitrogen and oxygen atoms in total. The van der Waals surface area contributed by atoms with E-state index in [0.717, 1.165) is 44.1 Å². The standard InChI is InChI=1S/C14H24N2O/c1-5-8-15-9-12(2)10-16(4)11-14-7-6-13(3)17-14/h6-7,15H,2,5,8-11H2,1,3-4H3. The molecule has 0 saturated heterocycles. The van der Waals surface area contributed by atoms with Gasteiger partial charge in [-0.1, -0.05) is 13.5 Å². The molecule has 17 heavy (non-hydrogen) atoms. The van der Waals surface area contributed by atoms with Gasteiger partial charge in [0.15, 0.2) is 0 Å². The number of hydrogen-bond acceptors (Lipinski definition) is 3.